The molecule has 0 bridgehead atoms. The molecule has 1 aromatic carbocycles. The number of hydrogen-bond donors (Lipinski definition) is 2. The first-order chi connectivity index (χ1) is 6.79. The number of rotatable bonds is 4. The van der Waals surface area contributed by atoms with Crippen molar-refractivity contribution in [1.29, 1.82) is 0 Å². The fourth-order valence-electron chi connectivity index (χ4n) is 1.01. The zero-order valence-electron chi connectivity index (χ0n) is 7.48. The molecule has 0 radical (unpaired) electrons. The number of halogens is 1. The van der Waals surface area contributed by atoms with E-state index in [0.29, 0.717) is 11.3 Å². The van der Waals surface area contributed by atoms with Gasteiger partial charge in [0, 0.05) is 0 Å². The van der Waals surface area contributed by atoms with E-state index < -0.39 is 6.67 Å². The Morgan fingerprint density at radius 1 is 1.50 bits per heavy atom. The zero-order valence-corrected chi connectivity index (χ0v) is 7.48. The summed E-state index contributed by atoms with van der Waals surface area (Å²) in [5, 5.41) is 11.3. The second-order valence-electron chi connectivity index (χ2n) is 2.52. The maximum absolute atomic E-state index is 11.9. The van der Waals surface area contributed by atoms with Crippen LogP contribution in [0, 0.1) is 0 Å². The van der Waals surface area contributed by atoms with Gasteiger partial charge in [-0.1, -0.05) is 17.3 Å². The predicted octanol–water partition coefficient (Wildman–Crippen LogP) is 1.13. The van der Waals surface area contributed by atoms with Crippen LogP contribution in [-0.2, 0) is 0 Å². The molecular formula is C9H11FN2O2. The van der Waals surface area contributed by atoms with Crippen LogP contribution in [-0.4, -0.2) is 24.3 Å². The van der Waals surface area contributed by atoms with Crippen molar-refractivity contribution >= 4 is 5.84 Å². The van der Waals surface area contributed by atoms with Crippen molar-refractivity contribution < 1.29 is 14.3 Å². The molecule has 1 rings (SSSR count). The van der Waals surface area contributed by atoms with E-state index in [1.807, 2.05) is 0 Å². The van der Waals surface area contributed by atoms with Crippen LogP contribution < -0.4 is 10.5 Å². The van der Waals surface area contributed by atoms with E-state index in [2.05, 4.69) is 5.16 Å². The number of hydrogen-bond acceptors (Lipinski definition) is 3. The molecule has 0 saturated carbocycles. The lowest BCUT2D eigenvalue weighted by atomic mass is 10.2. The van der Waals surface area contributed by atoms with Gasteiger partial charge < -0.3 is 15.7 Å². The molecule has 0 spiro atoms. The van der Waals surface area contributed by atoms with Crippen molar-refractivity contribution in [1.82, 2.24) is 0 Å². The summed E-state index contributed by atoms with van der Waals surface area (Å²) in [6.45, 7) is -0.625. The minimum atomic E-state index is -0.579. The maximum Gasteiger partial charge on any atom is 0.173 e. The number of oxime groups is 1. The molecule has 4 nitrogen and oxygen atoms in total. The van der Waals surface area contributed by atoms with Crippen LogP contribution in [0.15, 0.2) is 29.4 Å². The summed E-state index contributed by atoms with van der Waals surface area (Å²) in [6.07, 6.45) is 0. The minimum Gasteiger partial charge on any atom is -0.490 e. The van der Waals surface area contributed by atoms with Gasteiger partial charge in [0.05, 0.1) is 5.56 Å². The Morgan fingerprint density at radius 3 is 2.86 bits per heavy atom. The lowest BCUT2D eigenvalue weighted by molar-refractivity contribution is 0.272. The van der Waals surface area contributed by atoms with E-state index in [9.17, 15) is 4.39 Å². The molecule has 14 heavy (non-hydrogen) atoms. The molecule has 0 atom stereocenters. The molecule has 0 unspecified atom stereocenters. The van der Waals surface area contributed by atoms with Crippen LogP contribution in [0.4, 0.5) is 4.39 Å². The highest BCUT2D eigenvalue weighted by Gasteiger charge is 2.06. The van der Waals surface area contributed by atoms with Gasteiger partial charge in [0.2, 0.25) is 0 Å². The van der Waals surface area contributed by atoms with E-state index in [4.69, 9.17) is 15.7 Å². The third-order valence-corrected chi connectivity index (χ3v) is 1.61. The first kappa shape index (κ1) is 10.3. The highest BCUT2D eigenvalue weighted by Crippen LogP contribution is 2.17. The molecule has 0 heterocycles. The fraction of sp³-hybridized carbons (Fsp3) is 0.222. The van der Waals surface area contributed by atoms with Crippen LogP contribution in [0.5, 0.6) is 5.75 Å². The summed E-state index contributed by atoms with van der Waals surface area (Å²) in [6, 6.07) is 6.70. The molecule has 0 aliphatic heterocycles. The van der Waals surface area contributed by atoms with Gasteiger partial charge in [-0.2, -0.15) is 0 Å². The minimum absolute atomic E-state index is 0.0459. The zero-order chi connectivity index (χ0) is 10.4. The highest BCUT2D eigenvalue weighted by atomic mass is 19.1. The Morgan fingerprint density at radius 2 is 2.21 bits per heavy atom. The number of nitrogens with zero attached hydrogens (tertiary/aromatic N) is 1. The number of benzene rings is 1. The molecule has 0 aromatic heterocycles. The van der Waals surface area contributed by atoms with Crippen molar-refractivity contribution in [3.63, 3.8) is 0 Å². The Hall–Kier alpha value is -1.78. The second-order valence-corrected chi connectivity index (χ2v) is 2.52. The lowest BCUT2D eigenvalue weighted by Crippen LogP contribution is -2.15. The molecular weight excluding hydrogens is 187 g/mol. The van der Waals surface area contributed by atoms with Crippen molar-refractivity contribution in [3.05, 3.63) is 29.8 Å². The normalized spacial score (nSPS) is 11.4. The van der Waals surface area contributed by atoms with Gasteiger partial charge in [-0.3, -0.25) is 0 Å². The van der Waals surface area contributed by atoms with Crippen LogP contribution in [0.2, 0.25) is 0 Å². The van der Waals surface area contributed by atoms with Gasteiger partial charge in [0.15, 0.2) is 5.84 Å². The van der Waals surface area contributed by atoms with Gasteiger partial charge in [-0.05, 0) is 12.1 Å². The monoisotopic (exact) mass is 198 g/mol. The Kier molecular flexibility index (Phi) is 3.72. The summed E-state index contributed by atoms with van der Waals surface area (Å²) in [5.41, 5.74) is 5.84. The lowest BCUT2D eigenvalue weighted by Gasteiger charge is -2.08. The topological polar surface area (TPSA) is 67.8 Å². The van der Waals surface area contributed by atoms with Gasteiger partial charge in [-0.25, -0.2) is 4.39 Å². The molecule has 3 N–H and O–H groups in total. The van der Waals surface area contributed by atoms with Crippen LogP contribution in [0.25, 0.3) is 0 Å². The maximum atomic E-state index is 11.9. The average molecular weight is 198 g/mol. The quantitative estimate of drug-likeness (QED) is 0.330. The van der Waals surface area contributed by atoms with Crippen LogP contribution in [0.1, 0.15) is 5.56 Å². The Balaban J connectivity index is 2.91. The fourth-order valence-corrected chi connectivity index (χ4v) is 1.01. The van der Waals surface area contributed by atoms with Gasteiger partial charge in [0.1, 0.15) is 19.0 Å². The summed E-state index contributed by atoms with van der Waals surface area (Å²) < 4.78 is 16.9. The van der Waals surface area contributed by atoms with E-state index in [1.54, 1.807) is 24.3 Å². The Bertz CT molecular complexity index is 328. The Labute approximate surface area is 80.8 Å². The number of amidine groups is 1. The molecule has 0 aliphatic rings. The standard InChI is InChI=1S/C9H11FN2O2/c10-5-6-14-8-4-2-1-3-7(8)9(11)12-13/h1-4,13H,5-6H2,(H2,11,12). The number of para-hydroxylation sites is 1. The SMILES string of the molecule is N/C(=N/O)c1ccccc1OCCF. The summed E-state index contributed by atoms with van der Waals surface area (Å²) in [5.74, 6) is 0.347. The summed E-state index contributed by atoms with van der Waals surface area (Å²) in [7, 11) is 0. The number of ether oxygens (including phenoxy) is 1. The predicted molar refractivity (Wildman–Crippen MR) is 50.4 cm³/mol. The molecule has 5 heteroatoms. The van der Waals surface area contributed by atoms with Crippen molar-refractivity contribution in [3.8, 4) is 5.75 Å². The first-order valence-electron chi connectivity index (χ1n) is 4.05. The second kappa shape index (κ2) is 5.06. The van der Waals surface area contributed by atoms with E-state index in [0.717, 1.165) is 0 Å². The third kappa shape index (κ3) is 2.35. The summed E-state index contributed by atoms with van der Waals surface area (Å²) >= 11 is 0. The molecule has 76 valence electrons. The van der Waals surface area contributed by atoms with Crippen LogP contribution >= 0.6 is 0 Å². The molecule has 0 saturated heterocycles. The van der Waals surface area contributed by atoms with Gasteiger partial charge >= 0.3 is 0 Å². The number of alkyl halides is 1. The highest BCUT2D eigenvalue weighted by molar-refractivity contribution is 5.99. The first-order valence-corrected chi connectivity index (χ1v) is 4.05. The van der Waals surface area contributed by atoms with E-state index in [1.165, 1.54) is 0 Å². The van der Waals surface area contributed by atoms with Gasteiger partial charge in [-0.15, -0.1) is 0 Å². The van der Waals surface area contributed by atoms with Crippen molar-refractivity contribution in [2.24, 2.45) is 10.9 Å². The van der Waals surface area contributed by atoms with E-state index in [-0.39, 0.29) is 12.4 Å². The number of nitrogens with two attached hydrogens (primary N) is 1. The average Bonchev–Trinajstić information content (AvgIpc) is 2.25. The molecule has 0 amide bonds. The van der Waals surface area contributed by atoms with Gasteiger partial charge in [0.25, 0.3) is 0 Å². The smallest absolute Gasteiger partial charge is 0.173 e. The van der Waals surface area contributed by atoms with Crippen molar-refractivity contribution in [2.75, 3.05) is 13.3 Å². The molecule has 1 aromatic rings. The molecule has 0 aliphatic carbocycles. The molecule has 0 fully saturated rings. The van der Waals surface area contributed by atoms with Crippen molar-refractivity contribution in [2.45, 2.75) is 0 Å². The van der Waals surface area contributed by atoms with E-state index >= 15 is 0 Å². The summed E-state index contributed by atoms with van der Waals surface area (Å²) in [4.78, 5) is 0. The van der Waals surface area contributed by atoms with Crippen LogP contribution in [0.3, 0.4) is 0 Å². The largest absolute Gasteiger partial charge is 0.490 e. The third-order valence-electron chi connectivity index (χ3n) is 1.61.